The summed E-state index contributed by atoms with van der Waals surface area (Å²) in [5.74, 6) is -0.239. The molecule has 5 nitrogen and oxygen atoms in total. The summed E-state index contributed by atoms with van der Waals surface area (Å²) in [6.45, 7) is 2.70. The summed E-state index contributed by atoms with van der Waals surface area (Å²) in [5, 5.41) is 3.30. The van der Waals surface area contributed by atoms with Crippen LogP contribution in [0.15, 0.2) is 53.4 Å². The molecule has 0 aliphatic carbocycles. The molecule has 0 radical (unpaired) electrons. The van der Waals surface area contributed by atoms with Gasteiger partial charge in [-0.25, -0.2) is 8.42 Å². The quantitative estimate of drug-likeness (QED) is 0.826. The fraction of sp³-hybridized carbons (Fsp3) is 0.350. The van der Waals surface area contributed by atoms with Crippen LogP contribution in [-0.4, -0.2) is 31.2 Å². The highest BCUT2D eigenvalue weighted by Gasteiger charge is 2.36. The first kappa shape index (κ1) is 19.9. The fourth-order valence-corrected chi connectivity index (χ4v) is 4.91. The van der Waals surface area contributed by atoms with E-state index in [1.807, 2.05) is 31.2 Å². The van der Waals surface area contributed by atoms with Gasteiger partial charge in [-0.15, -0.1) is 0 Å². The lowest BCUT2D eigenvalue weighted by Crippen LogP contribution is -2.48. The molecule has 1 aliphatic heterocycles. The second-order valence-electron chi connectivity index (χ2n) is 6.79. The molecule has 0 bridgehead atoms. The Morgan fingerprint density at radius 1 is 1.07 bits per heavy atom. The average molecular weight is 407 g/mol. The van der Waals surface area contributed by atoms with Crippen molar-refractivity contribution in [1.29, 1.82) is 0 Å². The van der Waals surface area contributed by atoms with Crippen molar-refractivity contribution in [2.45, 2.75) is 43.7 Å². The van der Waals surface area contributed by atoms with E-state index < -0.39 is 16.1 Å². The van der Waals surface area contributed by atoms with E-state index in [4.69, 9.17) is 11.6 Å². The van der Waals surface area contributed by atoms with Gasteiger partial charge in [0.2, 0.25) is 15.9 Å². The highest BCUT2D eigenvalue weighted by Crippen LogP contribution is 2.26. The summed E-state index contributed by atoms with van der Waals surface area (Å²) in [7, 11) is -3.86. The molecule has 1 saturated heterocycles. The van der Waals surface area contributed by atoms with Crippen LogP contribution in [0.4, 0.5) is 0 Å². The monoisotopic (exact) mass is 406 g/mol. The Hall–Kier alpha value is -1.89. The van der Waals surface area contributed by atoms with Gasteiger partial charge in [-0.2, -0.15) is 4.31 Å². The predicted molar refractivity (Wildman–Crippen MR) is 106 cm³/mol. The second kappa shape index (κ2) is 8.42. The Labute approximate surface area is 165 Å². The summed E-state index contributed by atoms with van der Waals surface area (Å²) in [4.78, 5) is 12.7. The molecule has 1 aliphatic rings. The number of carbonyl (C=O) groups excluding carboxylic acids is 1. The summed E-state index contributed by atoms with van der Waals surface area (Å²) in [6.07, 6.45) is 2.15. The summed E-state index contributed by atoms with van der Waals surface area (Å²) in [6, 6.07) is 13.0. The molecule has 27 heavy (non-hydrogen) atoms. The third kappa shape index (κ3) is 4.69. The summed E-state index contributed by atoms with van der Waals surface area (Å²) < 4.78 is 28.1. The Morgan fingerprint density at radius 2 is 1.74 bits per heavy atom. The minimum absolute atomic E-state index is 0.135. The number of halogens is 1. The number of aryl methyl sites for hydroxylation is 1. The standard InChI is InChI=1S/C20H23ClN2O3S/c1-15-5-7-16(8-6-15)14-23(19-4-2-3-13-22-20(19)24)27(25,26)18-11-9-17(21)10-12-18/h5-12,19H,2-4,13-14H2,1H3,(H,22,24)/t19-/m1/s1. The Kier molecular flexibility index (Phi) is 6.19. The van der Waals surface area contributed by atoms with E-state index >= 15 is 0 Å². The molecular formula is C20H23ClN2O3S. The average Bonchev–Trinajstić information content (AvgIpc) is 2.86. The molecule has 2 aromatic rings. The lowest BCUT2D eigenvalue weighted by atomic mass is 10.1. The normalized spacial score (nSPS) is 18.2. The largest absolute Gasteiger partial charge is 0.355 e. The van der Waals surface area contributed by atoms with Crippen molar-refractivity contribution < 1.29 is 13.2 Å². The van der Waals surface area contributed by atoms with Crippen molar-refractivity contribution in [3.05, 3.63) is 64.7 Å². The van der Waals surface area contributed by atoms with Crippen LogP contribution < -0.4 is 5.32 Å². The number of hydrogen-bond acceptors (Lipinski definition) is 3. The molecule has 144 valence electrons. The molecular weight excluding hydrogens is 384 g/mol. The zero-order valence-corrected chi connectivity index (χ0v) is 16.8. The topological polar surface area (TPSA) is 66.5 Å². The first-order valence-corrected chi connectivity index (χ1v) is 10.8. The van der Waals surface area contributed by atoms with Gasteiger partial charge in [0.15, 0.2) is 0 Å². The fourth-order valence-electron chi connectivity index (χ4n) is 3.18. The van der Waals surface area contributed by atoms with Crippen LogP contribution in [0.1, 0.15) is 30.4 Å². The van der Waals surface area contributed by atoms with Gasteiger partial charge in [0.1, 0.15) is 6.04 Å². The molecule has 1 N–H and O–H groups in total. The number of hydrogen-bond donors (Lipinski definition) is 1. The number of sulfonamides is 1. The first-order valence-electron chi connectivity index (χ1n) is 8.98. The van der Waals surface area contributed by atoms with E-state index in [-0.39, 0.29) is 17.3 Å². The molecule has 1 fully saturated rings. The molecule has 2 aromatic carbocycles. The SMILES string of the molecule is Cc1ccc(CN([C@@H]2CCCCNC2=O)S(=O)(=O)c2ccc(Cl)cc2)cc1. The predicted octanol–water partition coefficient (Wildman–Crippen LogP) is 3.51. The van der Waals surface area contributed by atoms with Crippen LogP contribution >= 0.6 is 11.6 Å². The molecule has 1 amide bonds. The summed E-state index contributed by atoms with van der Waals surface area (Å²) >= 11 is 5.91. The van der Waals surface area contributed by atoms with Gasteiger partial charge in [0.25, 0.3) is 0 Å². The van der Waals surface area contributed by atoms with E-state index in [0.717, 1.165) is 24.0 Å². The maximum atomic E-state index is 13.4. The summed E-state index contributed by atoms with van der Waals surface area (Å²) in [5.41, 5.74) is 1.94. The number of amides is 1. The lowest BCUT2D eigenvalue weighted by molar-refractivity contribution is -0.124. The minimum atomic E-state index is -3.86. The first-order chi connectivity index (χ1) is 12.9. The van der Waals surface area contributed by atoms with E-state index in [9.17, 15) is 13.2 Å². The Morgan fingerprint density at radius 3 is 2.41 bits per heavy atom. The van der Waals surface area contributed by atoms with Gasteiger partial charge in [-0.1, -0.05) is 41.4 Å². The molecule has 0 aromatic heterocycles. The zero-order chi connectivity index (χ0) is 19.4. The highest BCUT2D eigenvalue weighted by molar-refractivity contribution is 7.89. The van der Waals surface area contributed by atoms with Gasteiger partial charge in [-0.3, -0.25) is 4.79 Å². The van der Waals surface area contributed by atoms with Crippen molar-refractivity contribution in [2.75, 3.05) is 6.54 Å². The van der Waals surface area contributed by atoms with E-state index in [1.54, 1.807) is 12.1 Å². The van der Waals surface area contributed by atoms with Crippen LogP contribution in [-0.2, 0) is 21.4 Å². The van der Waals surface area contributed by atoms with Crippen molar-refractivity contribution >= 4 is 27.5 Å². The van der Waals surface area contributed by atoms with Gasteiger partial charge in [0, 0.05) is 18.1 Å². The van der Waals surface area contributed by atoms with Gasteiger partial charge >= 0.3 is 0 Å². The second-order valence-corrected chi connectivity index (χ2v) is 9.12. The van der Waals surface area contributed by atoms with Gasteiger partial charge in [0.05, 0.1) is 4.90 Å². The van der Waals surface area contributed by atoms with Gasteiger partial charge < -0.3 is 5.32 Å². The molecule has 7 heteroatoms. The Balaban J connectivity index is 2.01. The van der Waals surface area contributed by atoms with Crippen molar-refractivity contribution in [2.24, 2.45) is 0 Å². The van der Waals surface area contributed by atoms with Gasteiger partial charge in [-0.05, 0) is 56.0 Å². The smallest absolute Gasteiger partial charge is 0.244 e. The van der Waals surface area contributed by atoms with Crippen LogP contribution in [0.2, 0.25) is 5.02 Å². The number of benzene rings is 2. The van der Waals surface area contributed by atoms with Crippen LogP contribution in [0, 0.1) is 6.92 Å². The molecule has 1 heterocycles. The number of carbonyl (C=O) groups is 1. The van der Waals surface area contributed by atoms with E-state index in [1.165, 1.54) is 16.4 Å². The Bertz CT molecular complexity index is 896. The molecule has 1 atom stereocenters. The maximum Gasteiger partial charge on any atom is 0.244 e. The third-order valence-electron chi connectivity index (χ3n) is 4.73. The van der Waals surface area contributed by atoms with Crippen LogP contribution in [0.5, 0.6) is 0 Å². The van der Waals surface area contributed by atoms with E-state index in [0.29, 0.717) is 18.0 Å². The number of nitrogens with zero attached hydrogens (tertiary/aromatic N) is 1. The minimum Gasteiger partial charge on any atom is -0.355 e. The van der Waals surface area contributed by atoms with Crippen LogP contribution in [0.25, 0.3) is 0 Å². The van der Waals surface area contributed by atoms with Crippen molar-refractivity contribution in [3.8, 4) is 0 Å². The third-order valence-corrected chi connectivity index (χ3v) is 6.85. The lowest BCUT2D eigenvalue weighted by Gasteiger charge is -2.29. The number of nitrogens with one attached hydrogen (secondary N) is 1. The van der Waals surface area contributed by atoms with Crippen molar-refractivity contribution in [1.82, 2.24) is 9.62 Å². The van der Waals surface area contributed by atoms with Crippen LogP contribution in [0.3, 0.4) is 0 Å². The number of rotatable bonds is 5. The maximum absolute atomic E-state index is 13.4. The molecule has 3 rings (SSSR count). The zero-order valence-electron chi connectivity index (χ0n) is 15.2. The van der Waals surface area contributed by atoms with Crippen molar-refractivity contribution in [3.63, 3.8) is 0 Å². The molecule has 0 spiro atoms. The molecule has 0 unspecified atom stereocenters. The molecule has 0 saturated carbocycles. The highest BCUT2D eigenvalue weighted by atomic mass is 35.5. The van der Waals surface area contributed by atoms with E-state index in [2.05, 4.69) is 5.32 Å².